The van der Waals surface area contributed by atoms with Gasteiger partial charge in [-0.1, -0.05) is 0 Å². The topological polar surface area (TPSA) is 31.4 Å². The van der Waals surface area contributed by atoms with Crippen LogP contribution in [0.1, 0.15) is 50.9 Å². The minimum absolute atomic E-state index is 0.650. The molecule has 0 fully saturated rings. The fourth-order valence-corrected chi connectivity index (χ4v) is 12.5. The molecule has 0 spiro atoms. The molecule has 0 saturated heterocycles. The first-order valence-corrected chi connectivity index (χ1v) is 13.9. The normalized spacial score (nSPS) is 17.8. The van der Waals surface area contributed by atoms with E-state index in [4.69, 9.17) is 6.15 Å². The number of aromatic nitrogens is 1. The van der Waals surface area contributed by atoms with Crippen molar-refractivity contribution < 1.29 is 6.15 Å². The zero-order valence-electron chi connectivity index (χ0n) is 12.2. The molecule has 1 aromatic rings. The van der Waals surface area contributed by atoms with E-state index in [2.05, 4.69) is 31.0 Å². The van der Waals surface area contributed by atoms with Crippen LogP contribution in [0.3, 0.4) is 0 Å². The quantitative estimate of drug-likeness (QED) is 0.705. The van der Waals surface area contributed by atoms with Crippen LogP contribution in [0.25, 0.3) is 0 Å². The summed E-state index contributed by atoms with van der Waals surface area (Å²) in [5, 5.41) is 0. The van der Waals surface area contributed by atoms with Crippen LogP contribution >= 0.6 is 0 Å². The van der Waals surface area contributed by atoms with E-state index in [0.717, 1.165) is 11.4 Å². The van der Waals surface area contributed by atoms with Crippen LogP contribution in [0.4, 0.5) is 0 Å². The SMILES string of the molecule is CCC[CH2][Sn]1([CH2]CCC)[O]Cc2cccc(n2)C[O]1. The van der Waals surface area contributed by atoms with Crippen LogP contribution in [-0.2, 0) is 19.4 Å². The first-order chi connectivity index (χ1) is 9.28. The van der Waals surface area contributed by atoms with Crippen molar-refractivity contribution in [1.29, 1.82) is 0 Å². The molecule has 0 atom stereocenters. The van der Waals surface area contributed by atoms with E-state index in [1.54, 1.807) is 0 Å². The molecule has 0 aromatic carbocycles. The van der Waals surface area contributed by atoms with E-state index in [1.165, 1.54) is 34.6 Å². The Labute approximate surface area is 121 Å². The second kappa shape index (κ2) is 7.60. The van der Waals surface area contributed by atoms with Crippen LogP contribution in [-0.4, -0.2) is 24.2 Å². The molecule has 19 heavy (non-hydrogen) atoms. The number of nitrogens with zero attached hydrogens (tertiary/aromatic N) is 1. The van der Waals surface area contributed by atoms with Gasteiger partial charge in [-0.2, -0.15) is 0 Å². The summed E-state index contributed by atoms with van der Waals surface area (Å²) in [4.78, 5) is 4.54. The molecule has 2 rings (SSSR count). The average molecular weight is 370 g/mol. The third-order valence-electron chi connectivity index (χ3n) is 3.65. The maximum atomic E-state index is 6.34. The van der Waals surface area contributed by atoms with Crippen molar-refractivity contribution in [2.45, 2.75) is 61.6 Å². The summed E-state index contributed by atoms with van der Waals surface area (Å²) in [6, 6.07) is 6.17. The molecule has 2 bridgehead atoms. The van der Waals surface area contributed by atoms with Crippen molar-refractivity contribution in [1.82, 2.24) is 4.98 Å². The molecule has 0 saturated carbocycles. The number of rotatable bonds is 6. The van der Waals surface area contributed by atoms with Crippen LogP contribution in [0.5, 0.6) is 0 Å². The molecule has 0 unspecified atom stereocenters. The van der Waals surface area contributed by atoms with E-state index >= 15 is 0 Å². The molecule has 1 aliphatic heterocycles. The molecular weight excluding hydrogens is 345 g/mol. The first-order valence-electron chi connectivity index (χ1n) is 7.51. The van der Waals surface area contributed by atoms with Gasteiger partial charge in [-0.25, -0.2) is 0 Å². The van der Waals surface area contributed by atoms with Crippen molar-refractivity contribution >= 4 is 19.2 Å². The van der Waals surface area contributed by atoms with Gasteiger partial charge in [0.1, 0.15) is 0 Å². The predicted octanol–water partition coefficient (Wildman–Crippen LogP) is 4.17. The van der Waals surface area contributed by atoms with Gasteiger partial charge in [-0.05, 0) is 0 Å². The Balaban J connectivity index is 2.09. The number of pyridine rings is 1. The summed E-state index contributed by atoms with van der Waals surface area (Å²) in [7, 11) is 0. The summed E-state index contributed by atoms with van der Waals surface area (Å²) in [5.41, 5.74) is 2.13. The molecule has 1 aromatic heterocycles. The Morgan fingerprint density at radius 1 is 1.00 bits per heavy atom. The van der Waals surface area contributed by atoms with E-state index in [9.17, 15) is 0 Å². The van der Waals surface area contributed by atoms with Crippen LogP contribution in [0, 0.1) is 0 Å². The molecule has 2 heterocycles. The molecule has 4 heteroatoms. The molecular formula is C15H25NO2Sn. The van der Waals surface area contributed by atoms with E-state index < -0.39 is 19.2 Å². The summed E-state index contributed by atoms with van der Waals surface area (Å²) in [6.45, 7) is 5.79. The standard InChI is InChI=1S/C7H7NO2.2C4H9.Sn/c9-4-6-2-1-3-7(5-10)8-6;2*1-3-4-2;/h1-3H,4-5H2;2*1,3-4H2,2H3;/q-2;;;+2. The molecule has 3 nitrogen and oxygen atoms in total. The van der Waals surface area contributed by atoms with Gasteiger partial charge in [0.05, 0.1) is 0 Å². The molecule has 1 aliphatic rings. The number of hydrogen-bond acceptors (Lipinski definition) is 3. The van der Waals surface area contributed by atoms with E-state index in [1.807, 2.05) is 6.07 Å². The Hall–Kier alpha value is -0.131. The van der Waals surface area contributed by atoms with Gasteiger partial charge in [0.2, 0.25) is 0 Å². The molecule has 0 amide bonds. The van der Waals surface area contributed by atoms with Crippen molar-refractivity contribution in [2.24, 2.45) is 0 Å². The van der Waals surface area contributed by atoms with Crippen LogP contribution < -0.4 is 0 Å². The summed E-state index contributed by atoms with van der Waals surface area (Å²) >= 11 is -2.86. The number of unbranched alkanes of at least 4 members (excludes halogenated alkanes) is 2. The van der Waals surface area contributed by atoms with Crippen LogP contribution in [0.2, 0.25) is 8.87 Å². The fraction of sp³-hybridized carbons (Fsp3) is 0.667. The summed E-state index contributed by atoms with van der Waals surface area (Å²) in [6.07, 6.45) is 4.92. The van der Waals surface area contributed by atoms with E-state index in [-0.39, 0.29) is 0 Å². The molecule has 0 aliphatic carbocycles. The third-order valence-corrected chi connectivity index (χ3v) is 13.8. The van der Waals surface area contributed by atoms with Crippen molar-refractivity contribution in [3.05, 3.63) is 29.6 Å². The summed E-state index contributed by atoms with van der Waals surface area (Å²) in [5.74, 6) is 0. The van der Waals surface area contributed by atoms with Crippen molar-refractivity contribution in [2.75, 3.05) is 0 Å². The second-order valence-electron chi connectivity index (χ2n) is 5.32. The van der Waals surface area contributed by atoms with Gasteiger partial charge in [0.15, 0.2) is 0 Å². The monoisotopic (exact) mass is 371 g/mol. The van der Waals surface area contributed by atoms with Crippen molar-refractivity contribution in [3.8, 4) is 0 Å². The second-order valence-corrected chi connectivity index (χ2v) is 15.0. The van der Waals surface area contributed by atoms with Gasteiger partial charge in [-0.15, -0.1) is 0 Å². The van der Waals surface area contributed by atoms with Gasteiger partial charge >= 0.3 is 122 Å². The Morgan fingerprint density at radius 2 is 1.53 bits per heavy atom. The molecule has 0 N–H and O–H groups in total. The van der Waals surface area contributed by atoms with Crippen LogP contribution in [0.15, 0.2) is 18.2 Å². The predicted molar refractivity (Wildman–Crippen MR) is 79.0 cm³/mol. The Morgan fingerprint density at radius 3 is 2.00 bits per heavy atom. The van der Waals surface area contributed by atoms with Gasteiger partial charge in [0, 0.05) is 0 Å². The number of hydrogen-bond donors (Lipinski definition) is 0. The average Bonchev–Trinajstić information content (AvgIpc) is 2.45. The first kappa shape index (κ1) is 15.3. The van der Waals surface area contributed by atoms with Crippen molar-refractivity contribution in [3.63, 3.8) is 0 Å². The third kappa shape index (κ3) is 4.43. The maximum absolute atomic E-state index is 6.34. The van der Waals surface area contributed by atoms with Gasteiger partial charge in [0.25, 0.3) is 0 Å². The molecule has 106 valence electrons. The number of fused-ring (bicyclic) bond motifs is 2. The Bertz CT molecular complexity index is 364. The summed E-state index contributed by atoms with van der Waals surface area (Å²) < 4.78 is 15.1. The van der Waals surface area contributed by atoms with E-state index in [0.29, 0.717) is 13.2 Å². The van der Waals surface area contributed by atoms with Gasteiger partial charge < -0.3 is 0 Å². The fourth-order valence-electron chi connectivity index (χ4n) is 2.45. The zero-order valence-corrected chi connectivity index (χ0v) is 15.0. The van der Waals surface area contributed by atoms with Gasteiger partial charge in [-0.3, -0.25) is 0 Å². The zero-order chi connectivity index (χ0) is 13.6. The molecule has 0 radical (unpaired) electrons. The minimum atomic E-state index is -2.86. The Kier molecular flexibility index (Phi) is 6.10.